The lowest BCUT2D eigenvalue weighted by Gasteiger charge is -2.06. The quantitative estimate of drug-likeness (QED) is 0.927. The summed E-state index contributed by atoms with van der Waals surface area (Å²) in [6, 6.07) is 4.90. The van der Waals surface area contributed by atoms with Gasteiger partial charge in [0.05, 0.1) is 18.5 Å². The van der Waals surface area contributed by atoms with E-state index >= 15 is 0 Å². The number of hydrogen-bond acceptors (Lipinski definition) is 4. The minimum absolute atomic E-state index is 0.314. The van der Waals surface area contributed by atoms with E-state index in [4.69, 9.17) is 4.42 Å². The SMILES string of the molecule is CNCc1nnc(Cc2ccc(C(F)(F)F)cc2)o1. The molecule has 1 aromatic carbocycles. The zero-order chi connectivity index (χ0) is 13.9. The molecule has 2 rings (SSSR count). The molecule has 7 heteroatoms. The molecule has 0 aliphatic rings. The van der Waals surface area contributed by atoms with E-state index in [2.05, 4.69) is 15.5 Å². The van der Waals surface area contributed by atoms with Crippen molar-refractivity contribution in [2.75, 3.05) is 7.05 Å². The summed E-state index contributed by atoms with van der Waals surface area (Å²) < 4.78 is 42.5. The predicted molar refractivity (Wildman–Crippen MR) is 61.3 cm³/mol. The third-order valence-corrected chi connectivity index (χ3v) is 2.47. The standard InChI is InChI=1S/C12H12F3N3O/c1-16-7-11-18-17-10(19-11)6-8-2-4-9(5-3-8)12(13,14)15/h2-5,16H,6-7H2,1H3. The number of alkyl halides is 3. The molecule has 1 N–H and O–H groups in total. The first-order valence-corrected chi connectivity index (χ1v) is 5.61. The van der Waals surface area contributed by atoms with Crippen molar-refractivity contribution in [3.63, 3.8) is 0 Å². The summed E-state index contributed by atoms with van der Waals surface area (Å²) in [4.78, 5) is 0. The second-order valence-electron chi connectivity index (χ2n) is 3.99. The maximum atomic E-state index is 12.4. The fourth-order valence-electron chi connectivity index (χ4n) is 1.57. The Bertz CT molecular complexity index is 534. The van der Waals surface area contributed by atoms with Gasteiger partial charge in [-0.3, -0.25) is 0 Å². The molecule has 0 atom stereocenters. The van der Waals surface area contributed by atoms with Gasteiger partial charge in [0.25, 0.3) is 0 Å². The normalized spacial score (nSPS) is 11.8. The fraction of sp³-hybridized carbons (Fsp3) is 0.333. The lowest BCUT2D eigenvalue weighted by molar-refractivity contribution is -0.137. The molecule has 2 aromatic rings. The maximum absolute atomic E-state index is 12.4. The van der Waals surface area contributed by atoms with Crippen LogP contribution in [0.2, 0.25) is 0 Å². The Morgan fingerprint density at radius 2 is 1.74 bits per heavy atom. The van der Waals surface area contributed by atoms with Crippen LogP contribution in [-0.2, 0) is 19.1 Å². The van der Waals surface area contributed by atoms with Crippen LogP contribution >= 0.6 is 0 Å². The van der Waals surface area contributed by atoms with Crippen LogP contribution in [0.4, 0.5) is 13.2 Å². The number of aromatic nitrogens is 2. The summed E-state index contributed by atoms with van der Waals surface area (Å²) >= 11 is 0. The van der Waals surface area contributed by atoms with Gasteiger partial charge in [-0.1, -0.05) is 12.1 Å². The molecule has 102 valence electrons. The zero-order valence-corrected chi connectivity index (χ0v) is 10.2. The molecule has 19 heavy (non-hydrogen) atoms. The van der Waals surface area contributed by atoms with Gasteiger partial charge in [-0.2, -0.15) is 13.2 Å². The van der Waals surface area contributed by atoms with Crippen LogP contribution < -0.4 is 5.32 Å². The molecular weight excluding hydrogens is 259 g/mol. The number of halogens is 3. The van der Waals surface area contributed by atoms with Gasteiger partial charge >= 0.3 is 6.18 Å². The monoisotopic (exact) mass is 271 g/mol. The Morgan fingerprint density at radius 3 is 2.32 bits per heavy atom. The van der Waals surface area contributed by atoms with Crippen LogP contribution in [0.5, 0.6) is 0 Å². The van der Waals surface area contributed by atoms with Crippen LogP contribution in [0.3, 0.4) is 0 Å². The first-order chi connectivity index (χ1) is 8.99. The number of nitrogens with one attached hydrogen (secondary N) is 1. The summed E-state index contributed by atoms with van der Waals surface area (Å²) in [6.07, 6.45) is -4.00. The van der Waals surface area contributed by atoms with E-state index in [0.717, 1.165) is 12.1 Å². The van der Waals surface area contributed by atoms with Crippen molar-refractivity contribution < 1.29 is 17.6 Å². The summed E-state index contributed by atoms with van der Waals surface area (Å²) in [7, 11) is 1.75. The molecule has 0 amide bonds. The minimum Gasteiger partial charge on any atom is -0.424 e. The van der Waals surface area contributed by atoms with Gasteiger partial charge in [-0.15, -0.1) is 10.2 Å². The van der Waals surface area contributed by atoms with Crippen molar-refractivity contribution in [2.24, 2.45) is 0 Å². The van der Waals surface area contributed by atoms with E-state index in [-0.39, 0.29) is 0 Å². The Balaban J connectivity index is 2.06. The smallest absolute Gasteiger partial charge is 0.416 e. The largest absolute Gasteiger partial charge is 0.424 e. The summed E-state index contributed by atoms with van der Waals surface area (Å²) in [5, 5.41) is 10.5. The summed E-state index contributed by atoms with van der Waals surface area (Å²) in [5.74, 6) is 0.828. The molecule has 4 nitrogen and oxygen atoms in total. The Morgan fingerprint density at radius 1 is 1.11 bits per heavy atom. The van der Waals surface area contributed by atoms with Crippen LogP contribution in [0.1, 0.15) is 22.9 Å². The molecule has 1 aromatic heterocycles. The molecule has 0 unspecified atom stereocenters. The van der Waals surface area contributed by atoms with E-state index in [1.54, 1.807) is 7.05 Å². The highest BCUT2D eigenvalue weighted by Crippen LogP contribution is 2.29. The summed E-state index contributed by atoms with van der Waals surface area (Å²) in [6.45, 7) is 0.458. The third kappa shape index (κ3) is 3.54. The highest BCUT2D eigenvalue weighted by atomic mass is 19.4. The molecule has 0 aliphatic heterocycles. The van der Waals surface area contributed by atoms with E-state index < -0.39 is 11.7 Å². The van der Waals surface area contributed by atoms with Crippen molar-refractivity contribution >= 4 is 0 Å². The topological polar surface area (TPSA) is 51.0 Å². The Labute approximate surface area is 107 Å². The van der Waals surface area contributed by atoms with Gasteiger partial charge in [-0.25, -0.2) is 0 Å². The van der Waals surface area contributed by atoms with Gasteiger partial charge in [0.1, 0.15) is 0 Å². The van der Waals surface area contributed by atoms with E-state index in [9.17, 15) is 13.2 Å². The Kier molecular flexibility index (Phi) is 3.84. The van der Waals surface area contributed by atoms with E-state index in [0.29, 0.717) is 30.3 Å². The lowest BCUT2D eigenvalue weighted by Crippen LogP contribution is -2.04. The molecular formula is C12H12F3N3O. The molecule has 0 aliphatic carbocycles. The number of benzene rings is 1. The molecule has 0 saturated carbocycles. The van der Waals surface area contributed by atoms with E-state index in [1.807, 2.05) is 0 Å². The molecule has 0 radical (unpaired) electrons. The molecule has 0 saturated heterocycles. The zero-order valence-electron chi connectivity index (χ0n) is 10.2. The Hall–Kier alpha value is -1.89. The van der Waals surface area contributed by atoms with Gasteiger partial charge in [0.2, 0.25) is 11.8 Å². The molecule has 0 fully saturated rings. The molecule has 0 spiro atoms. The van der Waals surface area contributed by atoms with Crippen molar-refractivity contribution in [1.82, 2.24) is 15.5 Å². The molecule has 1 heterocycles. The van der Waals surface area contributed by atoms with Gasteiger partial charge < -0.3 is 9.73 Å². The first-order valence-electron chi connectivity index (χ1n) is 5.61. The van der Waals surface area contributed by atoms with Crippen LogP contribution in [0, 0.1) is 0 Å². The second-order valence-corrected chi connectivity index (χ2v) is 3.99. The average Bonchev–Trinajstić information content (AvgIpc) is 2.77. The van der Waals surface area contributed by atoms with Crippen molar-refractivity contribution in [1.29, 1.82) is 0 Å². The predicted octanol–water partition coefficient (Wildman–Crippen LogP) is 2.40. The van der Waals surface area contributed by atoms with Crippen LogP contribution in [0.15, 0.2) is 28.7 Å². The summed E-state index contributed by atoms with van der Waals surface area (Å²) in [5.41, 5.74) is 0.0188. The van der Waals surface area contributed by atoms with Crippen molar-refractivity contribution in [3.05, 3.63) is 47.2 Å². The van der Waals surface area contributed by atoms with Gasteiger partial charge in [0, 0.05) is 0 Å². The maximum Gasteiger partial charge on any atom is 0.416 e. The highest BCUT2D eigenvalue weighted by Gasteiger charge is 2.29. The highest BCUT2D eigenvalue weighted by molar-refractivity contribution is 5.26. The third-order valence-electron chi connectivity index (χ3n) is 2.47. The van der Waals surface area contributed by atoms with Crippen LogP contribution in [0.25, 0.3) is 0 Å². The first kappa shape index (κ1) is 13.5. The fourth-order valence-corrected chi connectivity index (χ4v) is 1.57. The van der Waals surface area contributed by atoms with Crippen molar-refractivity contribution in [2.45, 2.75) is 19.1 Å². The average molecular weight is 271 g/mol. The molecule has 0 bridgehead atoms. The van der Waals surface area contributed by atoms with Gasteiger partial charge in [0.15, 0.2) is 0 Å². The second kappa shape index (κ2) is 5.40. The number of nitrogens with zero attached hydrogens (tertiary/aromatic N) is 2. The van der Waals surface area contributed by atoms with Gasteiger partial charge in [-0.05, 0) is 24.7 Å². The van der Waals surface area contributed by atoms with Crippen molar-refractivity contribution in [3.8, 4) is 0 Å². The number of hydrogen-bond donors (Lipinski definition) is 1. The minimum atomic E-state index is -4.32. The lowest BCUT2D eigenvalue weighted by atomic mass is 10.1. The van der Waals surface area contributed by atoms with Crippen LogP contribution in [-0.4, -0.2) is 17.2 Å². The number of rotatable bonds is 4. The van der Waals surface area contributed by atoms with E-state index in [1.165, 1.54) is 12.1 Å².